The molecule has 0 bridgehead atoms. The minimum atomic E-state index is -0.0473. The van der Waals surface area contributed by atoms with Gasteiger partial charge in [0, 0.05) is 12.0 Å². The second kappa shape index (κ2) is 5.85. The van der Waals surface area contributed by atoms with E-state index in [1.165, 1.54) is 19.3 Å². The van der Waals surface area contributed by atoms with E-state index in [2.05, 4.69) is 20.6 Å². The molecule has 1 heterocycles. The van der Waals surface area contributed by atoms with Gasteiger partial charge >= 0.3 is 0 Å². The quantitative estimate of drug-likeness (QED) is 0.809. The van der Waals surface area contributed by atoms with Crippen LogP contribution in [0.4, 0.5) is 5.95 Å². The molecule has 0 radical (unpaired) electrons. The molecule has 5 nitrogen and oxygen atoms in total. The molecule has 2 aromatic rings. The highest BCUT2D eigenvalue weighted by atomic mass is 16.1. The smallest absolute Gasteiger partial charge is 0.228 e. The van der Waals surface area contributed by atoms with Gasteiger partial charge in [-0.25, -0.2) is 4.98 Å². The Morgan fingerprint density at radius 2 is 2.05 bits per heavy atom. The number of rotatable bonds is 4. The highest BCUT2D eigenvalue weighted by Gasteiger charge is 2.32. The SMILES string of the molecule is CNC1(CC(=O)Nc2nc3ccccc3[nH]2)CCCCC1. The van der Waals surface area contributed by atoms with E-state index in [1.54, 1.807) is 0 Å². The summed E-state index contributed by atoms with van der Waals surface area (Å²) in [4.78, 5) is 19.8. The Balaban J connectivity index is 1.68. The van der Waals surface area contributed by atoms with Gasteiger partial charge in [-0.3, -0.25) is 10.1 Å². The summed E-state index contributed by atoms with van der Waals surface area (Å²) in [5.41, 5.74) is 1.76. The van der Waals surface area contributed by atoms with Crippen LogP contribution in [-0.2, 0) is 4.79 Å². The third-order valence-electron chi connectivity index (χ3n) is 4.49. The molecule has 0 aliphatic heterocycles. The molecule has 5 heteroatoms. The van der Waals surface area contributed by atoms with Gasteiger partial charge in [-0.1, -0.05) is 31.4 Å². The molecule has 1 aromatic carbocycles. The summed E-state index contributed by atoms with van der Waals surface area (Å²) in [6.07, 6.45) is 6.29. The van der Waals surface area contributed by atoms with Crippen molar-refractivity contribution >= 4 is 22.9 Å². The van der Waals surface area contributed by atoms with Crippen LogP contribution in [0.5, 0.6) is 0 Å². The van der Waals surface area contributed by atoms with Crippen LogP contribution in [0.1, 0.15) is 38.5 Å². The van der Waals surface area contributed by atoms with Gasteiger partial charge in [0.2, 0.25) is 11.9 Å². The zero-order chi connectivity index (χ0) is 14.7. The van der Waals surface area contributed by atoms with E-state index in [-0.39, 0.29) is 11.4 Å². The van der Waals surface area contributed by atoms with Crippen molar-refractivity contribution in [3.05, 3.63) is 24.3 Å². The maximum atomic E-state index is 12.3. The van der Waals surface area contributed by atoms with E-state index < -0.39 is 0 Å². The third kappa shape index (κ3) is 3.08. The molecule has 3 N–H and O–H groups in total. The fourth-order valence-corrected chi connectivity index (χ4v) is 3.24. The molecule has 0 spiro atoms. The predicted octanol–water partition coefficient (Wildman–Crippen LogP) is 2.81. The Labute approximate surface area is 124 Å². The summed E-state index contributed by atoms with van der Waals surface area (Å²) in [6.45, 7) is 0. The van der Waals surface area contributed by atoms with Crippen LogP contribution in [0.15, 0.2) is 24.3 Å². The maximum absolute atomic E-state index is 12.3. The van der Waals surface area contributed by atoms with Gasteiger partial charge in [0.1, 0.15) is 0 Å². The fourth-order valence-electron chi connectivity index (χ4n) is 3.24. The number of anilines is 1. The highest BCUT2D eigenvalue weighted by molar-refractivity contribution is 5.91. The molecule has 21 heavy (non-hydrogen) atoms. The lowest BCUT2D eigenvalue weighted by Crippen LogP contribution is -2.47. The number of nitrogens with zero attached hydrogens (tertiary/aromatic N) is 1. The van der Waals surface area contributed by atoms with E-state index in [4.69, 9.17) is 0 Å². The monoisotopic (exact) mass is 286 g/mol. The van der Waals surface area contributed by atoms with E-state index >= 15 is 0 Å². The van der Waals surface area contributed by atoms with Crippen molar-refractivity contribution in [2.75, 3.05) is 12.4 Å². The number of hydrogen-bond donors (Lipinski definition) is 3. The zero-order valence-electron chi connectivity index (χ0n) is 12.4. The number of carbonyl (C=O) groups is 1. The fraction of sp³-hybridized carbons (Fsp3) is 0.500. The average Bonchev–Trinajstić information content (AvgIpc) is 2.90. The van der Waals surface area contributed by atoms with Crippen LogP contribution in [0.3, 0.4) is 0 Å². The van der Waals surface area contributed by atoms with Crippen LogP contribution in [0, 0.1) is 0 Å². The lowest BCUT2D eigenvalue weighted by atomic mass is 9.79. The van der Waals surface area contributed by atoms with E-state index in [1.807, 2.05) is 31.3 Å². The van der Waals surface area contributed by atoms with Gasteiger partial charge in [0.05, 0.1) is 11.0 Å². The Hall–Kier alpha value is -1.88. The van der Waals surface area contributed by atoms with Gasteiger partial charge in [0.15, 0.2) is 0 Å². The normalized spacial score (nSPS) is 17.8. The number of H-pyrrole nitrogens is 1. The van der Waals surface area contributed by atoms with Gasteiger partial charge in [-0.05, 0) is 32.0 Å². The van der Waals surface area contributed by atoms with Crippen LogP contribution < -0.4 is 10.6 Å². The molecule has 1 aliphatic carbocycles. The van der Waals surface area contributed by atoms with Gasteiger partial charge in [0.25, 0.3) is 0 Å². The highest BCUT2D eigenvalue weighted by Crippen LogP contribution is 2.31. The number of hydrogen-bond acceptors (Lipinski definition) is 3. The number of aromatic nitrogens is 2. The van der Waals surface area contributed by atoms with Crippen molar-refractivity contribution in [2.45, 2.75) is 44.1 Å². The molecular formula is C16H22N4O. The zero-order valence-corrected chi connectivity index (χ0v) is 12.4. The van der Waals surface area contributed by atoms with Crippen LogP contribution in [0.25, 0.3) is 11.0 Å². The third-order valence-corrected chi connectivity index (χ3v) is 4.49. The molecule has 0 atom stereocenters. The number of aromatic amines is 1. The molecule has 1 fully saturated rings. The first-order chi connectivity index (χ1) is 10.2. The number of nitrogens with one attached hydrogen (secondary N) is 3. The minimum Gasteiger partial charge on any atom is -0.324 e. The molecule has 1 aliphatic rings. The predicted molar refractivity (Wildman–Crippen MR) is 84.2 cm³/mol. The van der Waals surface area contributed by atoms with Crippen molar-refractivity contribution in [2.24, 2.45) is 0 Å². The summed E-state index contributed by atoms with van der Waals surface area (Å²) in [5, 5.41) is 6.26. The molecule has 1 saturated carbocycles. The number of para-hydroxylation sites is 2. The largest absolute Gasteiger partial charge is 0.324 e. The summed E-state index contributed by atoms with van der Waals surface area (Å²) < 4.78 is 0. The minimum absolute atomic E-state index is 0.0188. The van der Waals surface area contributed by atoms with Crippen LogP contribution in [-0.4, -0.2) is 28.5 Å². The molecule has 0 saturated heterocycles. The molecule has 0 unspecified atom stereocenters. The second-order valence-electron chi connectivity index (χ2n) is 5.92. The lowest BCUT2D eigenvalue weighted by Gasteiger charge is -2.36. The van der Waals surface area contributed by atoms with Crippen molar-refractivity contribution in [3.8, 4) is 0 Å². The number of amides is 1. The number of imidazole rings is 1. The van der Waals surface area contributed by atoms with Crippen molar-refractivity contribution in [1.82, 2.24) is 15.3 Å². The summed E-state index contributed by atoms with van der Waals surface area (Å²) in [6, 6.07) is 7.77. The van der Waals surface area contributed by atoms with Gasteiger partial charge in [-0.2, -0.15) is 0 Å². The average molecular weight is 286 g/mol. The lowest BCUT2D eigenvalue weighted by molar-refractivity contribution is -0.118. The number of carbonyl (C=O) groups excluding carboxylic acids is 1. The second-order valence-corrected chi connectivity index (χ2v) is 5.92. The summed E-state index contributed by atoms with van der Waals surface area (Å²) in [5.74, 6) is 0.550. The molecule has 112 valence electrons. The molecular weight excluding hydrogens is 264 g/mol. The van der Waals surface area contributed by atoms with Crippen LogP contribution >= 0.6 is 0 Å². The molecule has 1 aromatic heterocycles. The Kier molecular flexibility index (Phi) is 3.92. The topological polar surface area (TPSA) is 69.8 Å². The number of fused-ring (bicyclic) bond motifs is 1. The van der Waals surface area contributed by atoms with Gasteiger partial charge in [-0.15, -0.1) is 0 Å². The van der Waals surface area contributed by atoms with Crippen LogP contribution in [0.2, 0.25) is 0 Å². The first-order valence-electron chi connectivity index (χ1n) is 7.64. The van der Waals surface area contributed by atoms with Crippen molar-refractivity contribution < 1.29 is 4.79 Å². The van der Waals surface area contributed by atoms with E-state index in [9.17, 15) is 4.79 Å². The standard InChI is InChI=1S/C16H22N4O/c1-17-16(9-5-2-6-10-16)11-14(21)20-15-18-12-7-3-4-8-13(12)19-15/h3-4,7-8,17H,2,5-6,9-11H2,1H3,(H2,18,19,20,21). The number of benzene rings is 1. The van der Waals surface area contributed by atoms with Gasteiger partial charge < -0.3 is 10.3 Å². The molecule has 3 rings (SSSR count). The Bertz CT molecular complexity index is 595. The first-order valence-corrected chi connectivity index (χ1v) is 7.64. The molecule has 1 amide bonds. The first kappa shape index (κ1) is 14.1. The van der Waals surface area contributed by atoms with Crippen molar-refractivity contribution in [3.63, 3.8) is 0 Å². The summed E-state index contributed by atoms with van der Waals surface area (Å²) >= 11 is 0. The maximum Gasteiger partial charge on any atom is 0.228 e. The van der Waals surface area contributed by atoms with E-state index in [0.29, 0.717) is 12.4 Å². The summed E-state index contributed by atoms with van der Waals surface area (Å²) in [7, 11) is 1.96. The Morgan fingerprint density at radius 3 is 2.76 bits per heavy atom. The van der Waals surface area contributed by atoms with E-state index in [0.717, 1.165) is 23.9 Å². The Morgan fingerprint density at radius 1 is 1.29 bits per heavy atom. The van der Waals surface area contributed by atoms with Crippen molar-refractivity contribution in [1.29, 1.82) is 0 Å².